The Kier molecular flexibility index (Phi) is 2.76. The molecule has 0 aliphatic carbocycles. The molecule has 5 heteroatoms. The lowest BCUT2D eigenvalue weighted by Crippen LogP contribution is -2.38. The van der Waals surface area contributed by atoms with Gasteiger partial charge in [0.25, 0.3) is 0 Å². The van der Waals surface area contributed by atoms with E-state index in [2.05, 4.69) is 0 Å². The molecule has 0 unspecified atom stereocenters. The lowest BCUT2D eigenvalue weighted by molar-refractivity contribution is 0.122. The molecule has 1 aromatic heterocycles. The van der Waals surface area contributed by atoms with Crippen LogP contribution in [0.15, 0.2) is 33.7 Å². The van der Waals surface area contributed by atoms with E-state index in [-0.39, 0.29) is 11.0 Å². The predicted molar refractivity (Wildman–Crippen MR) is 65.5 cm³/mol. The highest BCUT2D eigenvalue weighted by Crippen LogP contribution is 2.18. The van der Waals surface area contributed by atoms with E-state index in [1.54, 1.807) is 0 Å². The lowest BCUT2D eigenvalue weighted by atomic mass is 10.2. The minimum absolute atomic E-state index is 0.127. The Balaban J connectivity index is 2.11. The van der Waals surface area contributed by atoms with Crippen LogP contribution in [-0.2, 0) is 4.74 Å². The second-order valence-electron chi connectivity index (χ2n) is 4.19. The molecular formula is C13H12FNO3. The molecule has 4 nitrogen and oxygen atoms in total. The summed E-state index contributed by atoms with van der Waals surface area (Å²) in [5, 5.41) is 0.403. The maximum atomic E-state index is 13.0. The third-order valence-electron chi connectivity index (χ3n) is 3.07. The molecule has 0 saturated carbocycles. The Labute approximate surface area is 103 Å². The van der Waals surface area contributed by atoms with Gasteiger partial charge >= 0.3 is 0 Å². The van der Waals surface area contributed by atoms with Crippen molar-refractivity contribution in [1.82, 2.24) is 0 Å². The molecule has 1 aromatic carbocycles. The maximum absolute atomic E-state index is 13.0. The van der Waals surface area contributed by atoms with Crippen LogP contribution in [0.3, 0.4) is 0 Å². The van der Waals surface area contributed by atoms with Crippen LogP contribution in [0.2, 0.25) is 0 Å². The number of benzene rings is 1. The molecule has 2 heterocycles. The van der Waals surface area contributed by atoms with Gasteiger partial charge in [-0.1, -0.05) is 0 Å². The molecule has 2 aromatic rings. The van der Waals surface area contributed by atoms with E-state index in [1.165, 1.54) is 24.5 Å². The third kappa shape index (κ3) is 1.86. The number of hydrogen-bond donors (Lipinski definition) is 0. The lowest BCUT2D eigenvalue weighted by Gasteiger charge is -2.27. The van der Waals surface area contributed by atoms with Crippen molar-refractivity contribution in [2.24, 2.45) is 0 Å². The second kappa shape index (κ2) is 4.42. The monoisotopic (exact) mass is 249 g/mol. The molecule has 0 radical (unpaired) electrons. The van der Waals surface area contributed by atoms with Gasteiger partial charge in [0.15, 0.2) is 0 Å². The summed E-state index contributed by atoms with van der Waals surface area (Å²) in [6, 6.07) is 3.95. The van der Waals surface area contributed by atoms with Crippen LogP contribution in [-0.4, -0.2) is 26.3 Å². The smallest absolute Gasteiger partial charge is 0.215 e. The molecule has 3 rings (SSSR count). The van der Waals surface area contributed by atoms with Crippen molar-refractivity contribution in [2.45, 2.75) is 0 Å². The molecule has 94 valence electrons. The normalized spacial score (nSPS) is 16.2. The fourth-order valence-corrected chi connectivity index (χ4v) is 2.11. The number of ether oxygens (including phenoxy) is 1. The van der Waals surface area contributed by atoms with Crippen molar-refractivity contribution in [3.63, 3.8) is 0 Å². The van der Waals surface area contributed by atoms with Crippen LogP contribution < -0.4 is 10.3 Å². The van der Waals surface area contributed by atoms with Gasteiger partial charge in [-0.05, 0) is 12.1 Å². The van der Waals surface area contributed by atoms with E-state index < -0.39 is 5.82 Å². The van der Waals surface area contributed by atoms with E-state index in [0.29, 0.717) is 37.4 Å². The average Bonchev–Trinajstić information content (AvgIpc) is 2.40. The van der Waals surface area contributed by atoms with Gasteiger partial charge in [0.1, 0.15) is 23.4 Å². The SMILES string of the molecule is O=c1c(N2CCOCC2)coc2cc(F)ccc12. The summed E-state index contributed by atoms with van der Waals surface area (Å²) in [7, 11) is 0. The first kappa shape index (κ1) is 11.2. The van der Waals surface area contributed by atoms with Gasteiger partial charge in [-0.3, -0.25) is 4.79 Å². The van der Waals surface area contributed by atoms with E-state index in [1.807, 2.05) is 4.90 Å². The van der Waals surface area contributed by atoms with Crippen LogP contribution in [0.4, 0.5) is 10.1 Å². The molecular weight excluding hydrogens is 237 g/mol. The zero-order valence-corrected chi connectivity index (χ0v) is 9.69. The summed E-state index contributed by atoms with van der Waals surface area (Å²) in [5.41, 5.74) is 0.660. The van der Waals surface area contributed by atoms with E-state index in [0.717, 1.165) is 0 Å². The second-order valence-corrected chi connectivity index (χ2v) is 4.19. The summed E-state index contributed by atoms with van der Waals surface area (Å²) in [4.78, 5) is 14.2. The Bertz CT molecular complexity index is 632. The largest absolute Gasteiger partial charge is 0.462 e. The standard InChI is InChI=1S/C13H12FNO3/c14-9-1-2-10-12(7-9)18-8-11(13(10)16)15-3-5-17-6-4-15/h1-2,7-8H,3-6H2. The first-order valence-corrected chi connectivity index (χ1v) is 5.79. The Hall–Kier alpha value is -1.88. The summed E-state index contributed by atoms with van der Waals surface area (Å²) >= 11 is 0. The Morgan fingerprint density at radius 1 is 1.22 bits per heavy atom. The summed E-state index contributed by atoms with van der Waals surface area (Å²) in [6.07, 6.45) is 1.40. The van der Waals surface area contributed by atoms with Crippen molar-refractivity contribution < 1.29 is 13.5 Å². The van der Waals surface area contributed by atoms with Gasteiger partial charge in [-0.25, -0.2) is 4.39 Å². The molecule has 0 spiro atoms. The van der Waals surface area contributed by atoms with Crippen molar-refractivity contribution in [3.05, 3.63) is 40.5 Å². The number of halogens is 1. The van der Waals surface area contributed by atoms with Gasteiger partial charge in [-0.2, -0.15) is 0 Å². The Morgan fingerprint density at radius 2 is 2.00 bits per heavy atom. The highest BCUT2D eigenvalue weighted by Gasteiger charge is 2.16. The zero-order valence-electron chi connectivity index (χ0n) is 9.69. The molecule has 18 heavy (non-hydrogen) atoms. The minimum atomic E-state index is -0.412. The minimum Gasteiger partial charge on any atom is -0.462 e. The number of fused-ring (bicyclic) bond motifs is 1. The summed E-state index contributed by atoms with van der Waals surface area (Å²) in [6.45, 7) is 2.52. The quantitative estimate of drug-likeness (QED) is 0.772. The van der Waals surface area contributed by atoms with Gasteiger partial charge in [0.05, 0.1) is 18.6 Å². The number of rotatable bonds is 1. The van der Waals surface area contributed by atoms with Crippen LogP contribution in [0, 0.1) is 5.82 Å². The molecule has 0 amide bonds. The fourth-order valence-electron chi connectivity index (χ4n) is 2.11. The number of hydrogen-bond acceptors (Lipinski definition) is 4. The molecule has 1 aliphatic heterocycles. The number of nitrogens with zero attached hydrogens (tertiary/aromatic N) is 1. The molecule has 1 fully saturated rings. The van der Waals surface area contributed by atoms with Crippen molar-refractivity contribution in [1.29, 1.82) is 0 Å². The topological polar surface area (TPSA) is 42.7 Å². The highest BCUT2D eigenvalue weighted by molar-refractivity contribution is 5.79. The van der Waals surface area contributed by atoms with Crippen molar-refractivity contribution >= 4 is 16.7 Å². The number of morpholine rings is 1. The molecule has 0 N–H and O–H groups in total. The predicted octanol–water partition coefficient (Wildman–Crippen LogP) is 1.77. The first-order chi connectivity index (χ1) is 8.75. The van der Waals surface area contributed by atoms with E-state index >= 15 is 0 Å². The van der Waals surface area contributed by atoms with Crippen LogP contribution in [0.25, 0.3) is 11.0 Å². The fraction of sp³-hybridized carbons (Fsp3) is 0.308. The Morgan fingerprint density at radius 3 is 2.78 bits per heavy atom. The molecule has 0 bridgehead atoms. The number of anilines is 1. The molecule has 0 atom stereocenters. The van der Waals surface area contributed by atoms with Gasteiger partial charge in [-0.15, -0.1) is 0 Å². The summed E-state index contributed by atoms with van der Waals surface area (Å²) < 4.78 is 23.6. The highest BCUT2D eigenvalue weighted by atomic mass is 19.1. The van der Waals surface area contributed by atoms with Crippen LogP contribution in [0.5, 0.6) is 0 Å². The third-order valence-corrected chi connectivity index (χ3v) is 3.07. The van der Waals surface area contributed by atoms with E-state index in [4.69, 9.17) is 9.15 Å². The molecule has 1 aliphatic rings. The van der Waals surface area contributed by atoms with Gasteiger partial charge < -0.3 is 14.1 Å². The zero-order chi connectivity index (χ0) is 12.5. The maximum Gasteiger partial charge on any atom is 0.215 e. The average molecular weight is 249 g/mol. The van der Waals surface area contributed by atoms with Crippen molar-refractivity contribution in [3.8, 4) is 0 Å². The van der Waals surface area contributed by atoms with Crippen molar-refractivity contribution in [2.75, 3.05) is 31.2 Å². The van der Waals surface area contributed by atoms with Crippen LogP contribution >= 0.6 is 0 Å². The molecule has 1 saturated heterocycles. The van der Waals surface area contributed by atoms with Crippen LogP contribution in [0.1, 0.15) is 0 Å². The summed E-state index contributed by atoms with van der Waals surface area (Å²) in [5.74, 6) is -0.412. The van der Waals surface area contributed by atoms with Gasteiger partial charge in [0.2, 0.25) is 5.43 Å². The van der Waals surface area contributed by atoms with E-state index in [9.17, 15) is 9.18 Å². The van der Waals surface area contributed by atoms with Gasteiger partial charge in [0, 0.05) is 19.2 Å². The first-order valence-electron chi connectivity index (χ1n) is 5.79.